The average molecular weight is 435 g/mol. The van der Waals surface area contributed by atoms with Crippen LogP contribution in [-0.2, 0) is 16.6 Å². The van der Waals surface area contributed by atoms with Crippen molar-refractivity contribution in [2.45, 2.75) is 18.4 Å². The van der Waals surface area contributed by atoms with Crippen LogP contribution in [0.1, 0.15) is 11.3 Å². The second kappa shape index (κ2) is 6.43. The lowest BCUT2D eigenvalue weighted by molar-refractivity contribution is 0.600. The Morgan fingerprint density at radius 1 is 1.19 bits per heavy atom. The number of pyridine rings is 1. The molecule has 0 unspecified atom stereocenters. The number of nitrogens with two attached hydrogens (primary N) is 1. The number of aromatic nitrogens is 1. The van der Waals surface area contributed by atoms with Crippen LogP contribution in [0, 0.1) is 6.92 Å². The van der Waals surface area contributed by atoms with E-state index in [0.29, 0.717) is 16.7 Å². The maximum Gasteiger partial charge on any atom is 0.264 e. The van der Waals surface area contributed by atoms with Gasteiger partial charge in [0.2, 0.25) is 0 Å². The lowest BCUT2D eigenvalue weighted by Gasteiger charge is -2.10. The Kier molecular flexibility index (Phi) is 5.03. The zero-order valence-corrected chi connectivity index (χ0v) is 15.1. The fourth-order valence-corrected chi connectivity index (χ4v) is 4.03. The van der Waals surface area contributed by atoms with Crippen molar-refractivity contribution in [3.8, 4) is 0 Å². The number of rotatable bonds is 4. The molecule has 1 heterocycles. The highest BCUT2D eigenvalue weighted by molar-refractivity contribution is 9.10. The van der Waals surface area contributed by atoms with Crippen LogP contribution in [-0.4, -0.2) is 13.4 Å². The minimum atomic E-state index is -3.71. The number of aryl methyl sites for hydroxylation is 1. The van der Waals surface area contributed by atoms with Gasteiger partial charge in [-0.05, 0) is 68.6 Å². The summed E-state index contributed by atoms with van der Waals surface area (Å²) in [4.78, 5) is 4.32. The largest absolute Gasteiger partial charge is 0.326 e. The van der Waals surface area contributed by atoms with Crippen molar-refractivity contribution in [2.75, 3.05) is 4.72 Å². The van der Waals surface area contributed by atoms with Crippen molar-refractivity contribution in [1.29, 1.82) is 0 Å². The summed E-state index contributed by atoms with van der Waals surface area (Å²) < 4.78 is 28.5. The third-order valence-electron chi connectivity index (χ3n) is 2.78. The molecular formula is C13H13Br2N3O2S. The van der Waals surface area contributed by atoms with Gasteiger partial charge in [0.15, 0.2) is 0 Å². The Morgan fingerprint density at radius 2 is 1.90 bits per heavy atom. The fourth-order valence-electron chi connectivity index (χ4n) is 1.68. The minimum Gasteiger partial charge on any atom is -0.326 e. The van der Waals surface area contributed by atoms with E-state index < -0.39 is 10.0 Å². The molecule has 3 N–H and O–H groups in total. The monoisotopic (exact) mass is 433 g/mol. The zero-order chi connectivity index (χ0) is 15.6. The van der Waals surface area contributed by atoms with Crippen molar-refractivity contribution in [1.82, 2.24) is 4.98 Å². The second-order valence-corrected chi connectivity index (χ2v) is 7.70. The van der Waals surface area contributed by atoms with E-state index in [1.165, 1.54) is 6.07 Å². The predicted octanol–water partition coefficient (Wildman–Crippen LogP) is 3.17. The Balaban J connectivity index is 2.36. The predicted molar refractivity (Wildman–Crippen MR) is 89.5 cm³/mol. The molecule has 0 fully saturated rings. The van der Waals surface area contributed by atoms with Gasteiger partial charge in [0, 0.05) is 15.5 Å². The van der Waals surface area contributed by atoms with Gasteiger partial charge in [0.05, 0.1) is 5.69 Å². The van der Waals surface area contributed by atoms with Crippen molar-refractivity contribution in [2.24, 2.45) is 5.73 Å². The molecule has 8 heteroatoms. The summed E-state index contributed by atoms with van der Waals surface area (Å²) in [7, 11) is -3.71. The Labute approximate surface area is 140 Å². The Morgan fingerprint density at radius 3 is 2.48 bits per heavy atom. The van der Waals surface area contributed by atoms with Crippen molar-refractivity contribution >= 4 is 47.7 Å². The van der Waals surface area contributed by atoms with Gasteiger partial charge in [-0.3, -0.25) is 4.72 Å². The highest BCUT2D eigenvalue weighted by Crippen LogP contribution is 2.25. The third kappa shape index (κ3) is 3.82. The molecule has 0 bridgehead atoms. The number of nitrogens with zero attached hydrogens (tertiary/aromatic N) is 1. The molecule has 21 heavy (non-hydrogen) atoms. The molecule has 0 saturated heterocycles. The maximum atomic E-state index is 12.4. The van der Waals surface area contributed by atoms with E-state index in [0.717, 1.165) is 10.0 Å². The van der Waals surface area contributed by atoms with Gasteiger partial charge in [-0.15, -0.1) is 0 Å². The number of anilines is 1. The van der Waals surface area contributed by atoms with E-state index >= 15 is 0 Å². The molecule has 0 aliphatic carbocycles. The van der Waals surface area contributed by atoms with Crippen LogP contribution in [0.5, 0.6) is 0 Å². The van der Waals surface area contributed by atoms with E-state index in [2.05, 4.69) is 41.6 Å². The van der Waals surface area contributed by atoms with Crippen LogP contribution >= 0.6 is 31.9 Å². The lowest BCUT2D eigenvalue weighted by Crippen LogP contribution is -2.15. The van der Waals surface area contributed by atoms with Crippen LogP contribution in [0.2, 0.25) is 0 Å². The van der Waals surface area contributed by atoms with Gasteiger partial charge in [-0.2, -0.15) is 0 Å². The molecular weight excluding hydrogens is 422 g/mol. The first-order chi connectivity index (χ1) is 9.83. The van der Waals surface area contributed by atoms with Gasteiger partial charge in [-0.25, -0.2) is 13.4 Å². The SMILES string of the molecule is Cc1nc(NS(=O)(=O)c2ccc(CN)cc2Br)ccc1Br. The Hall–Kier alpha value is -0.960. The van der Waals surface area contributed by atoms with Crippen molar-refractivity contribution in [3.63, 3.8) is 0 Å². The molecule has 1 aromatic carbocycles. The van der Waals surface area contributed by atoms with Crippen LogP contribution in [0.25, 0.3) is 0 Å². The number of halogens is 2. The standard InChI is InChI=1S/C13H13Br2N3O2S/c1-8-10(14)3-5-13(17-8)18-21(19,20)12-4-2-9(7-16)6-11(12)15/h2-6H,7,16H2,1H3,(H,17,18). The van der Waals surface area contributed by atoms with Crippen molar-refractivity contribution in [3.05, 3.63) is 50.5 Å². The molecule has 2 rings (SSSR count). The van der Waals surface area contributed by atoms with Gasteiger partial charge in [0.25, 0.3) is 10.0 Å². The van der Waals surface area contributed by atoms with Crippen LogP contribution in [0.3, 0.4) is 0 Å². The topological polar surface area (TPSA) is 85.1 Å². The molecule has 0 atom stereocenters. The highest BCUT2D eigenvalue weighted by atomic mass is 79.9. The molecule has 0 aliphatic heterocycles. The molecule has 0 amide bonds. The summed E-state index contributed by atoms with van der Waals surface area (Å²) in [6, 6.07) is 8.22. The van der Waals surface area contributed by atoms with Gasteiger partial charge in [0.1, 0.15) is 10.7 Å². The number of hydrogen-bond acceptors (Lipinski definition) is 4. The summed E-state index contributed by atoms with van der Waals surface area (Å²) in [6.45, 7) is 2.13. The zero-order valence-electron chi connectivity index (χ0n) is 11.1. The maximum absolute atomic E-state index is 12.4. The molecule has 0 radical (unpaired) electrons. The fraction of sp³-hybridized carbons (Fsp3) is 0.154. The number of hydrogen-bond donors (Lipinski definition) is 2. The normalized spacial score (nSPS) is 11.4. The summed E-state index contributed by atoms with van der Waals surface area (Å²) in [5, 5.41) is 0. The summed E-state index contributed by atoms with van der Waals surface area (Å²) in [5.41, 5.74) is 7.08. The first kappa shape index (κ1) is 16.4. The molecule has 112 valence electrons. The van der Waals surface area contributed by atoms with Gasteiger partial charge < -0.3 is 5.73 Å². The molecule has 5 nitrogen and oxygen atoms in total. The first-order valence-corrected chi connectivity index (χ1v) is 9.05. The lowest BCUT2D eigenvalue weighted by atomic mass is 10.2. The molecule has 1 aromatic heterocycles. The van der Waals surface area contributed by atoms with E-state index in [4.69, 9.17) is 5.73 Å². The highest BCUT2D eigenvalue weighted by Gasteiger charge is 2.18. The molecule has 0 saturated carbocycles. The number of benzene rings is 1. The van der Waals surface area contributed by atoms with E-state index in [1.807, 2.05) is 0 Å². The summed E-state index contributed by atoms with van der Waals surface area (Å²) in [6.07, 6.45) is 0. The van der Waals surface area contributed by atoms with Crippen molar-refractivity contribution < 1.29 is 8.42 Å². The van der Waals surface area contributed by atoms with Gasteiger partial charge in [-0.1, -0.05) is 6.07 Å². The first-order valence-electron chi connectivity index (χ1n) is 5.98. The van der Waals surface area contributed by atoms with Crippen LogP contribution in [0.15, 0.2) is 44.2 Å². The van der Waals surface area contributed by atoms with E-state index in [9.17, 15) is 8.42 Å². The summed E-state index contributed by atoms with van der Waals surface area (Å²) >= 11 is 6.58. The summed E-state index contributed by atoms with van der Waals surface area (Å²) in [5.74, 6) is 0.269. The van der Waals surface area contributed by atoms with Gasteiger partial charge >= 0.3 is 0 Å². The number of sulfonamides is 1. The minimum absolute atomic E-state index is 0.141. The molecule has 0 aliphatic rings. The van der Waals surface area contributed by atoms with Crippen LogP contribution in [0.4, 0.5) is 5.82 Å². The quantitative estimate of drug-likeness (QED) is 0.773. The third-order valence-corrected chi connectivity index (χ3v) is 5.95. The average Bonchev–Trinajstić information content (AvgIpc) is 2.42. The van der Waals surface area contributed by atoms with E-state index in [-0.39, 0.29) is 10.7 Å². The van der Waals surface area contributed by atoms with E-state index in [1.54, 1.807) is 31.2 Å². The Bertz CT molecular complexity index is 779. The number of nitrogens with one attached hydrogen (secondary N) is 1. The molecule has 0 spiro atoms. The van der Waals surface area contributed by atoms with Crippen LogP contribution < -0.4 is 10.5 Å². The second-order valence-electron chi connectivity index (χ2n) is 4.34. The smallest absolute Gasteiger partial charge is 0.264 e. The molecule has 2 aromatic rings.